The van der Waals surface area contributed by atoms with Crippen molar-refractivity contribution >= 4 is 12.3 Å². The van der Waals surface area contributed by atoms with Gasteiger partial charge in [0.2, 0.25) is 0 Å². The number of ether oxygens (including phenoxy) is 2. The molecular formula is C9H17FO6. The molecule has 0 unspecified atom stereocenters. The smallest absolute Gasteiger partial charge is 0.429 e. The zero-order valence-corrected chi connectivity index (χ0v) is 9.98. The summed E-state index contributed by atoms with van der Waals surface area (Å²) in [4.78, 5) is 29.3. The molecule has 0 aromatic carbocycles. The van der Waals surface area contributed by atoms with Crippen molar-refractivity contribution in [3.63, 3.8) is 0 Å². The zero-order valence-electron chi connectivity index (χ0n) is 9.98. The number of rotatable bonds is 2. The minimum atomic E-state index is -1.08. The summed E-state index contributed by atoms with van der Waals surface area (Å²) in [5, 5.41) is 0. The molecule has 0 aliphatic carbocycles. The van der Waals surface area contributed by atoms with Crippen LogP contribution >= 0.6 is 0 Å². The molecule has 0 saturated heterocycles. The normalized spacial score (nSPS) is 9.00. The van der Waals surface area contributed by atoms with Gasteiger partial charge in [0, 0.05) is 0 Å². The van der Waals surface area contributed by atoms with Crippen molar-refractivity contribution in [2.45, 2.75) is 39.9 Å². The summed E-state index contributed by atoms with van der Waals surface area (Å²) in [5.41, 5.74) is 0. The zero-order chi connectivity index (χ0) is 13.1. The second-order valence-corrected chi connectivity index (χ2v) is 3.00. The van der Waals surface area contributed by atoms with E-state index in [0.717, 1.165) is 0 Å². The first-order chi connectivity index (χ1) is 7.41. The van der Waals surface area contributed by atoms with Crippen LogP contribution in [0, 0.1) is 0 Å². The highest BCUT2D eigenvalue weighted by Gasteiger charge is 2.13. The lowest BCUT2D eigenvalue weighted by Crippen LogP contribution is -2.18. The topological polar surface area (TPSA) is 71.1 Å². The molecule has 0 radical (unpaired) electrons. The van der Waals surface area contributed by atoms with Crippen molar-refractivity contribution in [2.24, 2.45) is 0 Å². The maximum atomic E-state index is 10.7. The van der Waals surface area contributed by atoms with Crippen LogP contribution in [0.15, 0.2) is 0 Å². The molecule has 0 aromatic heterocycles. The molecule has 0 spiro atoms. The summed E-state index contributed by atoms with van der Waals surface area (Å²) in [5.74, 6) is 0. The van der Waals surface area contributed by atoms with Crippen LogP contribution in [0.1, 0.15) is 27.7 Å². The first-order valence-corrected chi connectivity index (χ1v) is 4.55. The summed E-state index contributed by atoms with van der Waals surface area (Å²) in [6.07, 6.45) is -2.85. The van der Waals surface area contributed by atoms with Crippen LogP contribution in [0.25, 0.3) is 0 Å². The van der Waals surface area contributed by atoms with Crippen LogP contribution < -0.4 is 0 Å². The lowest BCUT2D eigenvalue weighted by Gasteiger charge is -2.08. The van der Waals surface area contributed by atoms with E-state index in [4.69, 9.17) is 0 Å². The van der Waals surface area contributed by atoms with Crippen LogP contribution in [0.5, 0.6) is 0 Å². The molecule has 0 amide bonds. The Bertz CT molecular complexity index is 182. The predicted octanol–water partition coefficient (Wildman–Crippen LogP) is 2.61. The van der Waals surface area contributed by atoms with Gasteiger partial charge < -0.3 is 9.47 Å². The largest absolute Gasteiger partial charge is 0.550 e. The average molecular weight is 240 g/mol. The number of carbonyl (C=O) groups is 2. The maximum Gasteiger partial charge on any atom is 0.550 e. The predicted molar refractivity (Wildman–Crippen MR) is 52.4 cm³/mol. The van der Waals surface area contributed by atoms with Gasteiger partial charge in [0.15, 0.2) is 0 Å². The summed E-state index contributed by atoms with van der Waals surface area (Å²) in [6, 6.07) is 0. The molecule has 0 aliphatic heterocycles. The van der Waals surface area contributed by atoms with Gasteiger partial charge in [-0.05, 0) is 27.7 Å². The van der Waals surface area contributed by atoms with Gasteiger partial charge in [0.1, 0.15) is 0 Å². The van der Waals surface area contributed by atoms with E-state index >= 15 is 0 Å². The fraction of sp³-hybridized carbons (Fsp3) is 0.778. The fourth-order valence-electron chi connectivity index (χ4n) is 0.492. The van der Waals surface area contributed by atoms with Crippen LogP contribution in [0.3, 0.4) is 0 Å². The van der Waals surface area contributed by atoms with Gasteiger partial charge in [0.25, 0.3) is 0 Å². The molecule has 96 valence electrons. The molecule has 0 N–H and O–H groups in total. The standard InChI is InChI=1S/C8H14O6.CH3F/c1-5(2)11-7(9)13-14-8(10)12-6(3)4;1-2/h5-6H,1-4H3;1H3. The second kappa shape index (κ2) is 10.0. The summed E-state index contributed by atoms with van der Waals surface area (Å²) in [6.45, 7) is 6.53. The monoisotopic (exact) mass is 240 g/mol. The molecule has 0 aliphatic rings. The van der Waals surface area contributed by atoms with E-state index in [0.29, 0.717) is 7.18 Å². The first kappa shape index (κ1) is 16.9. The highest BCUT2D eigenvalue weighted by molar-refractivity contribution is 5.63. The molecule has 16 heavy (non-hydrogen) atoms. The van der Waals surface area contributed by atoms with Crippen molar-refractivity contribution in [3.05, 3.63) is 0 Å². The third-order valence-corrected chi connectivity index (χ3v) is 0.842. The van der Waals surface area contributed by atoms with Gasteiger partial charge in [-0.2, -0.15) is 19.4 Å². The lowest BCUT2D eigenvalue weighted by atomic mass is 10.5. The Kier molecular flexibility index (Phi) is 10.6. The quantitative estimate of drug-likeness (QED) is 0.419. The van der Waals surface area contributed by atoms with Crippen molar-refractivity contribution in [1.29, 1.82) is 0 Å². The Morgan fingerprint density at radius 3 is 1.25 bits per heavy atom. The highest BCUT2D eigenvalue weighted by Crippen LogP contribution is 1.97. The molecule has 0 atom stereocenters. The Balaban J connectivity index is 0. The number of halogens is 1. The molecule has 0 aromatic rings. The highest BCUT2D eigenvalue weighted by atomic mass is 19.1. The van der Waals surface area contributed by atoms with Gasteiger partial charge in [-0.25, -0.2) is 0 Å². The van der Waals surface area contributed by atoms with Crippen molar-refractivity contribution in [2.75, 3.05) is 7.18 Å². The van der Waals surface area contributed by atoms with E-state index in [9.17, 15) is 14.0 Å². The maximum absolute atomic E-state index is 10.7. The van der Waals surface area contributed by atoms with E-state index in [1.165, 1.54) is 0 Å². The van der Waals surface area contributed by atoms with Crippen LogP contribution in [0.4, 0.5) is 14.0 Å². The molecule has 7 heteroatoms. The van der Waals surface area contributed by atoms with E-state index in [1.54, 1.807) is 27.7 Å². The molecule has 0 bridgehead atoms. The Morgan fingerprint density at radius 2 is 1.06 bits per heavy atom. The second-order valence-electron chi connectivity index (χ2n) is 3.00. The van der Waals surface area contributed by atoms with E-state index in [1.807, 2.05) is 0 Å². The summed E-state index contributed by atoms with van der Waals surface area (Å²) < 4.78 is 18.5. The number of hydrogen-bond acceptors (Lipinski definition) is 6. The van der Waals surface area contributed by atoms with Crippen LogP contribution in [-0.4, -0.2) is 31.7 Å². The van der Waals surface area contributed by atoms with Gasteiger partial charge in [0.05, 0.1) is 19.4 Å². The Morgan fingerprint density at radius 1 is 0.812 bits per heavy atom. The first-order valence-electron chi connectivity index (χ1n) is 4.55. The summed E-state index contributed by atoms with van der Waals surface area (Å²) in [7, 11) is 0.500. The van der Waals surface area contributed by atoms with Crippen LogP contribution in [0.2, 0.25) is 0 Å². The number of hydrogen-bond donors (Lipinski definition) is 0. The van der Waals surface area contributed by atoms with Gasteiger partial charge in [-0.3, -0.25) is 4.39 Å². The van der Waals surface area contributed by atoms with E-state index in [-0.39, 0.29) is 12.2 Å². The van der Waals surface area contributed by atoms with E-state index in [2.05, 4.69) is 19.2 Å². The average Bonchev–Trinajstić information content (AvgIpc) is 2.16. The van der Waals surface area contributed by atoms with Gasteiger partial charge in [-0.1, -0.05) is 0 Å². The third-order valence-electron chi connectivity index (χ3n) is 0.842. The number of carbonyl (C=O) groups excluding carboxylic acids is 2. The van der Waals surface area contributed by atoms with E-state index < -0.39 is 12.3 Å². The lowest BCUT2D eigenvalue weighted by molar-refractivity contribution is -0.222. The molecule has 0 fully saturated rings. The van der Waals surface area contributed by atoms with Gasteiger partial charge >= 0.3 is 12.3 Å². The SMILES string of the molecule is CC(C)OC(=O)OOC(=O)OC(C)C.CF. The van der Waals surface area contributed by atoms with Crippen molar-refractivity contribution in [1.82, 2.24) is 0 Å². The minimum Gasteiger partial charge on any atom is -0.429 e. The molecule has 0 saturated carbocycles. The fourth-order valence-corrected chi connectivity index (χ4v) is 0.492. The minimum absolute atomic E-state index is 0.341. The Hall–Kier alpha value is -1.53. The number of alkyl halides is 1. The molecular weight excluding hydrogens is 223 g/mol. The third kappa shape index (κ3) is 12.5. The van der Waals surface area contributed by atoms with Crippen LogP contribution in [-0.2, 0) is 19.2 Å². The van der Waals surface area contributed by atoms with Gasteiger partial charge in [-0.15, -0.1) is 0 Å². The van der Waals surface area contributed by atoms with Crippen molar-refractivity contribution in [3.8, 4) is 0 Å². The molecule has 0 rings (SSSR count). The molecule has 6 nitrogen and oxygen atoms in total. The molecule has 0 heterocycles. The summed E-state index contributed by atoms with van der Waals surface area (Å²) >= 11 is 0. The Labute approximate surface area is 93.5 Å². The van der Waals surface area contributed by atoms with Crippen molar-refractivity contribution < 1.29 is 33.2 Å².